The Morgan fingerprint density at radius 2 is 2.31 bits per heavy atom. The number of carbonyl (C=O) groups excluding carboxylic acids is 2. The minimum atomic E-state index is -0.294. The van der Waals surface area contributed by atoms with Crippen molar-refractivity contribution >= 4 is 28.0 Å². The van der Waals surface area contributed by atoms with Crippen molar-refractivity contribution in [1.82, 2.24) is 0 Å². The first-order chi connectivity index (χ1) is 7.69. The van der Waals surface area contributed by atoms with Crippen molar-refractivity contribution in [1.29, 1.82) is 5.26 Å². The summed E-state index contributed by atoms with van der Waals surface area (Å²) in [6.07, 6.45) is 0.545. The number of aldehydes is 1. The van der Waals surface area contributed by atoms with Gasteiger partial charge in [0.15, 0.2) is 12.1 Å². The fourth-order valence-corrected chi connectivity index (χ4v) is 1.61. The molecular formula is C11H8BrNO3. The van der Waals surface area contributed by atoms with Gasteiger partial charge in [-0.25, -0.2) is 0 Å². The predicted molar refractivity (Wildman–Crippen MR) is 61.2 cm³/mol. The van der Waals surface area contributed by atoms with Gasteiger partial charge < -0.3 is 4.74 Å². The molecule has 0 saturated carbocycles. The highest BCUT2D eigenvalue weighted by Crippen LogP contribution is 2.25. The monoisotopic (exact) mass is 281 g/mol. The zero-order valence-corrected chi connectivity index (χ0v) is 10.1. The van der Waals surface area contributed by atoms with Crippen LogP contribution in [0.5, 0.6) is 5.75 Å². The highest BCUT2D eigenvalue weighted by molar-refractivity contribution is 9.09. The van der Waals surface area contributed by atoms with E-state index in [0.717, 1.165) is 0 Å². The maximum atomic E-state index is 11.6. The Hall–Kier alpha value is -1.67. The summed E-state index contributed by atoms with van der Waals surface area (Å²) in [6.45, 7) is 0. The minimum absolute atomic E-state index is 0.0544. The van der Waals surface area contributed by atoms with Crippen LogP contribution in [0.15, 0.2) is 12.1 Å². The van der Waals surface area contributed by atoms with Gasteiger partial charge in [0.05, 0.1) is 23.6 Å². The van der Waals surface area contributed by atoms with Crippen LogP contribution in [0, 0.1) is 11.3 Å². The van der Waals surface area contributed by atoms with Crippen molar-refractivity contribution in [3.8, 4) is 11.8 Å². The second-order valence-corrected chi connectivity index (χ2v) is 3.45. The lowest BCUT2D eigenvalue weighted by atomic mass is 9.99. The van der Waals surface area contributed by atoms with Gasteiger partial charge in [-0.2, -0.15) is 5.26 Å². The summed E-state index contributed by atoms with van der Waals surface area (Å²) >= 11 is 3.02. The first kappa shape index (κ1) is 12.4. The van der Waals surface area contributed by atoms with Crippen LogP contribution in [0.2, 0.25) is 0 Å². The van der Waals surface area contributed by atoms with E-state index in [1.807, 2.05) is 6.07 Å². The largest absolute Gasteiger partial charge is 0.496 e. The number of carbonyl (C=O) groups is 2. The Morgan fingerprint density at radius 3 is 2.75 bits per heavy atom. The molecule has 0 unspecified atom stereocenters. The van der Waals surface area contributed by atoms with Gasteiger partial charge in [0.2, 0.25) is 0 Å². The van der Waals surface area contributed by atoms with E-state index in [9.17, 15) is 9.59 Å². The summed E-state index contributed by atoms with van der Waals surface area (Å²) in [5, 5.41) is 9.03. The molecule has 0 fully saturated rings. The van der Waals surface area contributed by atoms with Crippen molar-refractivity contribution in [3.63, 3.8) is 0 Å². The summed E-state index contributed by atoms with van der Waals surface area (Å²) in [5.74, 6) is 0.00343. The molecule has 16 heavy (non-hydrogen) atoms. The number of rotatable bonds is 4. The molecule has 0 aliphatic heterocycles. The molecule has 0 aliphatic carbocycles. The van der Waals surface area contributed by atoms with Crippen LogP contribution in [-0.4, -0.2) is 24.5 Å². The number of halogens is 1. The van der Waals surface area contributed by atoms with Crippen LogP contribution in [0.3, 0.4) is 0 Å². The normalized spacial score (nSPS) is 9.31. The molecule has 5 heteroatoms. The number of methoxy groups -OCH3 is 1. The average molecular weight is 282 g/mol. The second-order valence-electron chi connectivity index (χ2n) is 2.89. The van der Waals surface area contributed by atoms with Gasteiger partial charge >= 0.3 is 0 Å². The van der Waals surface area contributed by atoms with Gasteiger partial charge in [0.25, 0.3) is 0 Å². The Labute approximate surface area is 101 Å². The van der Waals surface area contributed by atoms with Crippen molar-refractivity contribution < 1.29 is 14.3 Å². The van der Waals surface area contributed by atoms with E-state index in [1.165, 1.54) is 19.2 Å². The summed E-state index contributed by atoms with van der Waals surface area (Å²) in [4.78, 5) is 22.4. The molecule has 0 aliphatic rings. The standard InChI is InChI=1S/C11H8BrNO3/c1-16-10-3-2-7(6-14)8(5-13)11(10)9(15)4-12/h2-3,6H,4H2,1H3. The van der Waals surface area contributed by atoms with Crippen LogP contribution in [-0.2, 0) is 0 Å². The van der Waals surface area contributed by atoms with Crippen LogP contribution in [0.1, 0.15) is 26.3 Å². The van der Waals surface area contributed by atoms with Gasteiger partial charge in [-0.05, 0) is 12.1 Å². The van der Waals surface area contributed by atoms with Gasteiger partial charge in [0, 0.05) is 5.56 Å². The zero-order chi connectivity index (χ0) is 12.1. The molecule has 4 nitrogen and oxygen atoms in total. The Bertz CT molecular complexity index is 477. The number of hydrogen-bond donors (Lipinski definition) is 0. The number of alkyl halides is 1. The van der Waals surface area contributed by atoms with Gasteiger partial charge in [-0.1, -0.05) is 15.9 Å². The maximum Gasteiger partial charge on any atom is 0.178 e. The Kier molecular flexibility index (Phi) is 4.20. The van der Waals surface area contributed by atoms with E-state index in [0.29, 0.717) is 12.0 Å². The van der Waals surface area contributed by atoms with E-state index in [2.05, 4.69) is 15.9 Å². The highest BCUT2D eigenvalue weighted by Gasteiger charge is 2.19. The molecule has 0 amide bonds. The number of benzene rings is 1. The first-order valence-electron chi connectivity index (χ1n) is 4.35. The van der Waals surface area contributed by atoms with Crippen LogP contribution in [0.4, 0.5) is 0 Å². The average Bonchev–Trinajstić information content (AvgIpc) is 2.35. The molecule has 1 aromatic rings. The molecule has 82 valence electrons. The van der Waals surface area contributed by atoms with Gasteiger partial charge in [-0.15, -0.1) is 0 Å². The third-order valence-electron chi connectivity index (χ3n) is 2.06. The summed E-state index contributed by atoms with van der Waals surface area (Å²) < 4.78 is 5.00. The molecule has 0 N–H and O–H groups in total. The van der Waals surface area contributed by atoms with E-state index in [1.54, 1.807) is 0 Å². The molecule has 0 bridgehead atoms. The number of nitriles is 1. The molecule has 1 rings (SSSR count). The molecule has 0 saturated heterocycles. The summed E-state index contributed by atoms with van der Waals surface area (Å²) in [7, 11) is 1.40. The number of ether oxygens (including phenoxy) is 1. The minimum Gasteiger partial charge on any atom is -0.496 e. The van der Waals surface area contributed by atoms with Crippen molar-refractivity contribution in [2.75, 3.05) is 12.4 Å². The molecule has 0 aromatic heterocycles. The third kappa shape index (κ3) is 2.12. The predicted octanol–water partition coefficient (Wildman–Crippen LogP) is 1.96. The van der Waals surface area contributed by atoms with Crippen LogP contribution in [0.25, 0.3) is 0 Å². The van der Waals surface area contributed by atoms with Gasteiger partial charge in [-0.3, -0.25) is 9.59 Å². The fraction of sp³-hybridized carbons (Fsp3) is 0.182. The van der Waals surface area contributed by atoms with Crippen molar-refractivity contribution in [3.05, 3.63) is 28.8 Å². The Balaban J connectivity index is 3.56. The number of nitrogens with zero attached hydrogens (tertiary/aromatic N) is 1. The van der Waals surface area contributed by atoms with E-state index in [-0.39, 0.29) is 27.8 Å². The van der Waals surface area contributed by atoms with Crippen LogP contribution < -0.4 is 4.74 Å². The summed E-state index contributed by atoms with van der Waals surface area (Å²) in [6, 6.07) is 4.81. The zero-order valence-electron chi connectivity index (χ0n) is 8.49. The molecule has 0 spiro atoms. The second kappa shape index (κ2) is 5.42. The van der Waals surface area contributed by atoms with E-state index in [4.69, 9.17) is 10.00 Å². The SMILES string of the molecule is COc1ccc(C=O)c(C#N)c1C(=O)CBr. The van der Waals surface area contributed by atoms with E-state index >= 15 is 0 Å². The van der Waals surface area contributed by atoms with Crippen LogP contribution >= 0.6 is 15.9 Å². The Morgan fingerprint density at radius 1 is 1.62 bits per heavy atom. The van der Waals surface area contributed by atoms with Gasteiger partial charge in [0.1, 0.15) is 11.8 Å². The maximum absolute atomic E-state index is 11.6. The highest BCUT2D eigenvalue weighted by atomic mass is 79.9. The first-order valence-corrected chi connectivity index (χ1v) is 5.47. The topological polar surface area (TPSA) is 67.2 Å². The lowest BCUT2D eigenvalue weighted by molar-refractivity contribution is 0.102. The lowest BCUT2D eigenvalue weighted by Crippen LogP contribution is -2.08. The molecule has 0 atom stereocenters. The number of hydrogen-bond acceptors (Lipinski definition) is 4. The number of Topliss-reactive ketones (excluding diaryl/α,β-unsaturated/α-hetero) is 1. The van der Waals surface area contributed by atoms with E-state index < -0.39 is 0 Å². The third-order valence-corrected chi connectivity index (χ3v) is 2.57. The molecular weight excluding hydrogens is 274 g/mol. The molecule has 0 radical (unpaired) electrons. The number of ketones is 1. The molecule has 0 heterocycles. The molecule has 1 aromatic carbocycles. The lowest BCUT2D eigenvalue weighted by Gasteiger charge is -2.09. The smallest absolute Gasteiger partial charge is 0.178 e. The van der Waals surface area contributed by atoms with Crippen molar-refractivity contribution in [2.24, 2.45) is 0 Å². The van der Waals surface area contributed by atoms with Crippen molar-refractivity contribution in [2.45, 2.75) is 0 Å². The summed E-state index contributed by atoms with van der Waals surface area (Å²) in [5.41, 5.74) is 0.387. The quantitative estimate of drug-likeness (QED) is 0.481. The fourth-order valence-electron chi connectivity index (χ4n) is 1.33.